The first-order chi connectivity index (χ1) is 10.2. The Bertz CT molecular complexity index is 468. The van der Waals surface area contributed by atoms with Crippen LogP contribution in [-0.4, -0.2) is 33.2 Å². The molecule has 1 amide bonds. The number of methoxy groups -OCH3 is 1. The summed E-state index contributed by atoms with van der Waals surface area (Å²) in [7, 11) is 3.56. The van der Waals surface area contributed by atoms with Crippen LogP contribution in [0.1, 0.15) is 37.7 Å². The number of rotatable bonds is 7. The van der Waals surface area contributed by atoms with Gasteiger partial charge in [-0.1, -0.05) is 25.0 Å². The minimum absolute atomic E-state index is 0.0733. The lowest BCUT2D eigenvalue weighted by atomic mass is 9.78. The number of carbonyl (C=O) groups is 1. The van der Waals surface area contributed by atoms with Gasteiger partial charge in [0, 0.05) is 24.9 Å². The van der Waals surface area contributed by atoms with E-state index < -0.39 is 0 Å². The molecule has 2 rings (SSSR count). The molecule has 0 atom stereocenters. The molecule has 4 nitrogen and oxygen atoms in total. The Morgan fingerprint density at radius 3 is 2.76 bits per heavy atom. The molecule has 0 aromatic heterocycles. The van der Waals surface area contributed by atoms with Gasteiger partial charge in [0.05, 0.1) is 7.11 Å². The smallest absolute Gasteiger partial charge is 0.221 e. The molecule has 1 aromatic rings. The van der Waals surface area contributed by atoms with E-state index in [2.05, 4.69) is 22.8 Å². The minimum Gasteiger partial charge on any atom is -0.497 e. The van der Waals surface area contributed by atoms with E-state index in [1.54, 1.807) is 7.11 Å². The predicted molar refractivity (Wildman–Crippen MR) is 84.7 cm³/mol. The van der Waals surface area contributed by atoms with Crippen molar-refractivity contribution in [2.24, 2.45) is 0 Å². The Balaban J connectivity index is 2.07. The summed E-state index contributed by atoms with van der Waals surface area (Å²) in [5, 5.41) is 6.12. The number of carbonyl (C=O) groups excluding carboxylic acids is 1. The Morgan fingerprint density at radius 1 is 1.33 bits per heavy atom. The van der Waals surface area contributed by atoms with Crippen LogP contribution in [-0.2, 0) is 10.2 Å². The molecule has 0 heterocycles. The van der Waals surface area contributed by atoms with Gasteiger partial charge in [-0.2, -0.15) is 0 Å². The van der Waals surface area contributed by atoms with Gasteiger partial charge in [0.2, 0.25) is 5.91 Å². The lowest BCUT2D eigenvalue weighted by Crippen LogP contribution is -2.39. The van der Waals surface area contributed by atoms with Crippen molar-refractivity contribution in [2.45, 2.75) is 37.5 Å². The zero-order valence-electron chi connectivity index (χ0n) is 13.1. The summed E-state index contributed by atoms with van der Waals surface area (Å²) < 4.78 is 5.34. The van der Waals surface area contributed by atoms with Crippen molar-refractivity contribution in [1.29, 1.82) is 0 Å². The summed E-state index contributed by atoms with van der Waals surface area (Å²) in [6.07, 6.45) is 5.25. The van der Waals surface area contributed by atoms with Gasteiger partial charge in [0.1, 0.15) is 5.75 Å². The molecule has 0 bridgehead atoms. The standard InChI is InChI=1S/C17H26N2O2/c1-18-11-8-16(20)19-13-17(9-3-4-10-17)14-6-5-7-15(12-14)21-2/h5-7,12,18H,3-4,8-11,13H2,1-2H3,(H,19,20). The van der Waals surface area contributed by atoms with E-state index in [0.29, 0.717) is 6.42 Å². The van der Waals surface area contributed by atoms with Crippen LogP contribution in [0, 0.1) is 0 Å². The van der Waals surface area contributed by atoms with Crippen molar-refractivity contribution in [2.75, 3.05) is 27.2 Å². The predicted octanol–water partition coefficient (Wildman–Crippen LogP) is 2.23. The largest absolute Gasteiger partial charge is 0.497 e. The Labute approximate surface area is 127 Å². The average Bonchev–Trinajstić information content (AvgIpc) is 3.01. The molecule has 0 unspecified atom stereocenters. The van der Waals surface area contributed by atoms with Crippen molar-refractivity contribution >= 4 is 5.91 Å². The molecule has 1 saturated carbocycles. The van der Waals surface area contributed by atoms with Gasteiger partial charge in [-0.15, -0.1) is 0 Å². The quantitative estimate of drug-likeness (QED) is 0.809. The molecule has 1 aliphatic rings. The normalized spacial score (nSPS) is 16.7. The molecule has 2 N–H and O–H groups in total. The van der Waals surface area contributed by atoms with Crippen molar-refractivity contribution in [3.63, 3.8) is 0 Å². The maximum Gasteiger partial charge on any atom is 0.221 e. The van der Waals surface area contributed by atoms with E-state index in [0.717, 1.165) is 31.7 Å². The summed E-state index contributed by atoms with van der Waals surface area (Å²) in [5.74, 6) is 1.01. The molecule has 1 aliphatic carbocycles. The number of hydrogen-bond acceptors (Lipinski definition) is 3. The van der Waals surface area contributed by atoms with Gasteiger partial charge in [0.25, 0.3) is 0 Å². The van der Waals surface area contributed by atoms with Crippen LogP contribution in [0.4, 0.5) is 0 Å². The van der Waals surface area contributed by atoms with Gasteiger partial charge < -0.3 is 15.4 Å². The summed E-state index contributed by atoms with van der Waals surface area (Å²) in [4.78, 5) is 11.9. The van der Waals surface area contributed by atoms with E-state index in [-0.39, 0.29) is 11.3 Å². The highest BCUT2D eigenvalue weighted by Crippen LogP contribution is 2.41. The highest BCUT2D eigenvalue weighted by atomic mass is 16.5. The van der Waals surface area contributed by atoms with Crippen LogP contribution in [0.2, 0.25) is 0 Å². The third kappa shape index (κ3) is 3.97. The highest BCUT2D eigenvalue weighted by molar-refractivity contribution is 5.76. The molecular formula is C17H26N2O2. The Kier molecular flexibility index (Phi) is 5.62. The van der Waals surface area contributed by atoms with Crippen molar-refractivity contribution in [3.05, 3.63) is 29.8 Å². The van der Waals surface area contributed by atoms with Crippen LogP contribution < -0.4 is 15.4 Å². The van der Waals surface area contributed by atoms with E-state index in [9.17, 15) is 4.79 Å². The summed E-state index contributed by atoms with van der Waals surface area (Å²) >= 11 is 0. The fraction of sp³-hybridized carbons (Fsp3) is 0.588. The van der Waals surface area contributed by atoms with E-state index in [1.165, 1.54) is 18.4 Å². The summed E-state index contributed by atoms with van der Waals surface area (Å²) in [6.45, 7) is 1.45. The lowest BCUT2D eigenvalue weighted by Gasteiger charge is -2.30. The van der Waals surface area contributed by atoms with Gasteiger partial charge in [-0.25, -0.2) is 0 Å². The first kappa shape index (κ1) is 15.8. The molecule has 0 spiro atoms. The fourth-order valence-electron chi connectivity index (χ4n) is 3.17. The van der Waals surface area contributed by atoms with E-state index >= 15 is 0 Å². The average molecular weight is 290 g/mol. The monoisotopic (exact) mass is 290 g/mol. The zero-order chi connectivity index (χ0) is 15.1. The van der Waals surface area contributed by atoms with Crippen molar-refractivity contribution in [1.82, 2.24) is 10.6 Å². The molecule has 116 valence electrons. The molecule has 0 radical (unpaired) electrons. The van der Waals surface area contributed by atoms with Crippen molar-refractivity contribution in [3.8, 4) is 5.75 Å². The second-order valence-corrected chi connectivity index (χ2v) is 5.85. The van der Waals surface area contributed by atoms with Gasteiger partial charge in [-0.3, -0.25) is 4.79 Å². The Hall–Kier alpha value is -1.55. The number of nitrogens with one attached hydrogen (secondary N) is 2. The summed E-state index contributed by atoms with van der Waals surface area (Å²) in [5.41, 5.74) is 1.36. The topological polar surface area (TPSA) is 50.4 Å². The summed E-state index contributed by atoms with van der Waals surface area (Å²) in [6, 6.07) is 8.29. The maximum absolute atomic E-state index is 11.9. The second kappa shape index (κ2) is 7.46. The molecule has 4 heteroatoms. The number of amides is 1. The molecule has 0 saturated heterocycles. The number of benzene rings is 1. The SMILES string of the molecule is CNCCC(=O)NCC1(c2cccc(OC)c2)CCCC1. The molecule has 1 fully saturated rings. The van der Waals surface area contributed by atoms with Gasteiger partial charge in [-0.05, 0) is 37.6 Å². The highest BCUT2D eigenvalue weighted by Gasteiger charge is 2.36. The van der Waals surface area contributed by atoms with Crippen LogP contribution in [0.25, 0.3) is 0 Å². The Morgan fingerprint density at radius 2 is 2.10 bits per heavy atom. The van der Waals surface area contributed by atoms with E-state index in [1.807, 2.05) is 19.2 Å². The lowest BCUT2D eigenvalue weighted by molar-refractivity contribution is -0.121. The fourth-order valence-corrected chi connectivity index (χ4v) is 3.17. The third-order valence-electron chi connectivity index (χ3n) is 4.47. The second-order valence-electron chi connectivity index (χ2n) is 5.85. The molecule has 1 aromatic carbocycles. The third-order valence-corrected chi connectivity index (χ3v) is 4.47. The van der Waals surface area contributed by atoms with Gasteiger partial charge in [0.15, 0.2) is 0 Å². The first-order valence-corrected chi connectivity index (χ1v) is 7.76. The molecule has 0 aliphatic heterocycles. The first-order valence-electron chi connectivity index (χ1n) is 7.76. The van der Waals surface area contributed by atoms with Crippen LogP contribution in [0.3, 0.4) is 0 Å². The van der Waals surface area contributed by atoms with Crippen molar-refractivity contribution < 1.29 is 9.53 Å². The van der Waals surface area contributed by atoms with E-state index in [4.69, 9.17) is 4.74 Å². The maximum atomic E-state index is 11.9. The number of hydrogen-bond donors (Lipinski definition) is 2. The molecule has 21 heavy (non-hydrogen) atoms. The van der Waals surface area contributed by atoms with Crippen LogP contribution >= 0.6 is 0 Å². The van der Waals surface area contributed by atoms with Gasteiger partial charge >= 0.3 is 0 Å². The minimum atomic E-state index is 0.0733. The zero-order valence-corrected chi connectivity index (χ0v) is 13.1. The molecular weight excluding hydrogens is 264 g/mol. The van der Waals surface area contributed by atoms with Crippen LogP contribution in [0.5, 0.6) is 5.75 Å². The number of ether oxygens (including phenoxy) is 1. The van der Waals surface area contributed by atoms with Crippen LogP contribution in [0.15, 0.2) is 24.3 Å².